The Morgan fingerprint density at radius 2 is 2.10 bits per heavy atom. The Labute approximate surface area is 181 Å². The maximum Gasteiger partial charge on any atom is 0.231 e. The first-order valence-electron chi connectivity index (χ1n) is 10.5. The van der Waals surface area contributed by atoms with Gasteiger partial charge in [0.05, 0.1) is 25.5 Å². The molecule has 164 valence electrons. The third kappa shape index (κ3) is 4.15. The van der Waals surface area contributed by atoms with Gasteiger partial charge in [0, 0.05) is 30.8 Å². The summed E-state index contributed by atoms with van der Waals surface area (Å²) >= 11 is 0. The van der Waals surface area contributed by atoms with Crippen LogP contribution in [0.4, 0.5) is 5.82 Å². The molecule has 4 rings (SSSR count). The largest absolute Gasteiger partial charge is 0.497 e. The number of aromatic nitrogens is 2. The standard InChI is InChI=1S/C23H28N4O4/c1-14-15(2)31-23-20(14)21(25-13-26-23)27-9-5-6-16(12-27)22(28)24-11-17-10-18(29-3)7-8-19(17)30-4/h7-8,10,13,16H,5-6,9,11-12H2,1-4H3,(H,24,28)/t16-/m1/s1. The molecule has 8 heteroatoms. The quantitative estimate of drug-likeness (QED) is 0.649. The van der Waals surface area contributed by atoms with Gasteiger partial charge >= 0.3 is 0 Å². The molecule has 3 heterocycles. The van der Waals surface area contributed by atoms with E-state index in [0.29, 0.717) is 18.8 Å². The van der Waals surface area contributed by atoms with E-state index >= 15 is 0 Å². The SMILES string of the molecule is COc1ccc(OC)c(CNC(=O)[C@@H]2CCCN(c3ncnc4oc(C)c(C)c34)C2)c1. The second-order valence-electron chi connectivity index (χ2n) is 7.84. The summed E-state index contributed by atoms with van der Waals surface area (Å²) in [6.07, 6.45) is 3.29. The fourth-order valence-corrected chi connectivity index (χ4v) is 4.13. The first-order chi connectivity index (χ1) is 15.0. The Morgan fingerprint density at radius 1 is 1.26 bits per heavy atom. The van der Waals surface area contributed by atoms with E-state index in [1.807, 2.05) is 32.0 Å². The number of fused-ring (bicyclic) bond motifs is 1. The Hall–Kier alpha value is -3.29. The lowest BCUT2D eigenvalue weighted by Crippen LogP contribution is -2.43. The Bertz CT molecular complexity index is 1090. The highest BCUT2D eigenvalue weighted by molar-refractivity contribution is 5.90. The van der Waals surface area contributed by atoms with Gasteiger partial charge in [0.15, 0.2) is 0 Å². The number of amides is 1. The van der Waals surface area contributed by atoms with E-state index in [2.05, 4.69) is 20.2 Å². The van der Waals surface area contributed by atoms with Crippen LogP contribution in [0.1, 0.15) is 29.7 Å². The molecule has 1 aromatic carbocycles. The van der Waals surface area contributed by atoms with Gasteiger partial charge in [0.2, 0.25) is 11.6 Å². The predicted molar refractivity (Wildman–Crippen MR) is 118 cm³/mol. The summed E-state index contributed by atoms with van der Waals surface area (Å²) in [5, 5.41) is 4.00. The van der Waals surface area contributed by atoms with E-state index in [1.54, 1.807) is 14.2 Å². The Morgan fingerprint density at radius 3 is 2.87 bits per heavy atom. The average molecular weight is 425 g/mol. The minimum atomic E-state index is -0.122. The summed E-state index contributed by atoms with van der Waals surface area (Å²) in [6, 6.07) is 5.57. The Kier molecular flexibility index (Phi) is 5.97. The minimum absolute atomic E-state index is 0.0277. The number of aryl methyl sites for hydroxylation is 2. The summed E-state index contributed by atoms with van der Waals surface area (Å²) in [5.41, 5.74) is 2.52. The number of hydrogen-bond acceptors (Lipinski definition) is 7. The van der Waals surface area contributed by atoms with Crippen molar-refractivity contribution in [1.82, 2.24) is 15.3 Å². The van der Waals surface area contributed by atoms with Crippen LogP contribution in [0.3, 0.4) is 0 Å². The highest BCUT2D eigenvalue weighted by atomic mass is 16.5. The van der Waals surface area contributed by atoms with Gasteiger partial charge in [-0.25, -0.2) is 9.97 Å². The highest BCUT2D eigenvalue weighted by Crippen LogP contribution is 2.32. The lowest BCUT2D eigenvalue weighted by atomic mass is 9.96. The maximum absolute atomic E-state index is 13.0. The van der Waals surface area contributed by atoms with Crippen molar-refractivity contribution in [3.63, 3.8) is 0 Å². The lowest BCUT2D eigenvalue weighted by molar-refractivity contribution is -0.125. The zero-order chi connectivity index (χ0) is 22.0. The van der Waals surface area contributed by atoms with E-state index in [1.165, 1.54) is 6.33 Å². The van der Waals surface area contributed by atoms with Crippen LogP contribution in [0, 0.1) is 19.8 Å². The van der Waals surface area contributed by atoms with E-state index in [4.69, 9.17) is 13.9 Å². The number of nitrogens with one attached hydrogen (secondary N) is 1. The van der Waals surface area contributed by atoms with Crippen LogP contribution < -0.4 is 19.7 Å². The molecule has 31 heavy (non-hydrogen) atoms. The van der Waals surface area contributed by atoms with Crippen LogP contribution in [0.2, 0.25) is 0 Å². The molecule has 1 atom stereocenters. The molecule has 0 bridgehead atoms. The fourth-order valence-electron chi connectivity index (χ4n) is 4.13. The Balaban J connectivity index is 1.48. The van der Waals surface area contributed by atoms with Gasteiger partial charge in [-0.3, -0.25) is 4.79 Å². The number of ether oxygens (including phenoxy) is 2. The second-order valence-corrected chi connectivity index (χ2v) is 7.84. The molecule has 1 amide bonds. The third-order valence-electron chi connectivity index (χ3n) is 5.98. The van der Waals surface area contributed by atoms with Gasteiger partial charge in [0.25, 0.3) is 0 Å². The number of nitrogens with zero attached hydrogens (tertiary/aromatic N) is 3. The third-order valence-corrected chi connectivity index (χ3v) is 5.98. The first-order valence-corrected chi connectivity index (χ1v) is 10.5. The molecular weight excluding hydrogens is 396 g/mol. The number of piperidine rings is 1. The van der Waals surface area contributed by atoms with Crippen molar-refractivity contribution in [2.45, 2.75) is 33.2 Å². The summed E-state index contributed by atoms with van der Waals surface area (Å²) < 4.78 is 16.5. The molecule has 8 nitrogen and oxygen atoms in total. The first kappa shape index (κ1) is 21.0. The molecule has 1 N–H and O–H groups in total. The van der Waals surface area contributed by atoms with Crippen molar-refractivity contribution in [3.8, 4) is 11.5 Å². The number of benzene rings is 1. The number of carbonyl (C=O) groups excluding carboxylic acids is 1. The molecule has 0 spiro atoms. The summed E-state index contributed by atoms with van der Waals surface area (Å²) in [7, 11) is 3.24. The van der Waals surface area contributed by atoms with E-state index in [9.17, 15) is 4.79 Å². The molecule has 0 aliphatic carbocycles. The van der Waals surface area contributed by atoms with Crippen molar-refractivity contribution < 1.29 is 18.7 Å². The molecule has 1 aliphatic rings. The van der Waals surface area contributed by atoms with Crippen LogP contribution >= 0.6 is 0 Å². The average Bonchev–Trinajstić information content (AvgIpc) is 3.10. The molecule has 1 saturated heterocycles. The number of rotatable bonds is 6. The lowest BCUT2D eigenvalue weighted by Gasteiger charge is -2.33. The zero-order valence-corrected chi connectivity index (χ0v) is 18.4. The van der Waals surface area contributed by atoms with Gasteiger partial charge in [-0.05, 0) is 44.9 Å². The van der Waals surface area contributed by atoms with Crippen molar-refractivity contribution in [2.24, 2.45) is 5.92 Å². The van der Waals surface area contributed by atoms with Gasteiger partial charge in [-0.2, -0.15) is 0 Å². The predicted octanol–water partition coefficient (Wildman–Crippen LogP) is 3.39. The van der Waals surface area contributed by atoms with Gasteiger partial charge in [-0.1, -0.05) is 0 Å². The molecular formula is C23H28N4O4. The second kappa shape index (κ2) is 8.83. The maximum atomic E-state index is 13.0. The van der Waals surface area contributed by atoms with Crippen LogP contribution in [0.15, 0.2) is 28.9 Å². The van der Waals surface area contributed by atoms with Gasteiger partial charge in [0.1, 0.15) is 29.4 Å². The zero-order valence-electron chi connectivity index (χ0n) is 18.4. The van der Waals surface area contributed by atoms with Crippen LogP contribution in [0.25, 0.3) is 11.1 Å². The van der Waals surface area contributed by atoms with E-state index in [-0.39, 0.29) is 11.8 Å². The molecule has 1 fully saturated rings. The minimum Gasteiger partial charge on any atom is -0.497 e. The molecule has 0 radical (unpaired) electrons. The number of methoxy groups -OCH3 is 2. The normalized spacial score (nSPS) is 16.4. The number of hydrogen-bond donors (Lipinski definition) is 1. The topological polar surface area (TPSA) is 89.7 Å². The van der Waals surface area contributed by atoms with E-state index in [0.717, 1.165) is 59.0 Å². The number of carbonyl (C=O) groups is 1. The highest BCUT2D eigenvalue weighted by Gasteiger charge is 2.28. The summed E-state index contributed by atoms with van der Waals surface area (Å²) in [5.74, 6) is 3.04. The van der Waals surface area contributed by atoms with Crippen molar-refractivity contribution >= 4 is 22.8 Å². The van der Waals surface area contributed by atoms with Gasteiger partial charge < -0.3 is 24.1 Å². The smallest absolute Gasteiger partial charge is 0.231 e. The van der Waals surface area contributed by atoms with Crippen LogP contribution in [-0.2, 0) is 11.3 Å². The molecule has 2 aromatic heterocycles. The van der Waals surface area contributed by atoms with Crippen molar-refractivity contribution in [3.05, 3.63) is 41.4 Å². The van der Waals surface area contributed by atoms with Gasteiger partial charge in [-0.15, -0.1) is 0 Å². The van der Waals surface area contributed by atoms with Crippen LogP contribution in [0.5, 0.6) is 11.5 Å². The van der Waals surface area contributed by atoms with Crippen molar-refractivity contribution in [1.29, 1.82) is 0 Å². The summed E-state index contributed by atoms with van der Waals surface area (Å²) in [6.45, 7) is 5.79. The summed E-state index contributed by atoms with van der Waals surface area (Å²) in [4.78, 5) is 23.9. The molecule has 0 saturated carbocycles. The fraction of sp³-hybridized carbons (Fsp3) is 0.435. The number of furan rings is 1. The molecule has 0 unspecified atom stereocenters. The monoisotopic (exact) mass is 424 g/mol. The molecule has 1 aliphatic heterocycles. The van der Waals surface area contributed by atoms with Crippen LogP contribution in [-0.4, -0.2) is 43.2 Å². The van der Waals surface area contributed by atoms with Crippen molar-refractivity contribution in [2.75, 3.05) is 32.2 Å². The number of anilines is 1. The molecule has 3 aromatic rings. The van der Waals surface area contributed by atoms with E-state index < -0.39 is 0 Å².